The second-order valence-corrected chi connectivity index (χ2v) is 5.88. The Morgan fingerprint density at radius 2 is 1.35 bits per heavy atom. The van der Waals surface area contributed by atoms with Crippen molar-refractivity contribution < 1.29 is 14.0 Å². The van der Waals surface area contributed by atoms with Crippen LogP contribution in [0.1, 0.15) is 20.7 Å². The Morgan fingerprint density at radius 3 is 2.00 bits per heavy atom. The molecule has 0 saturated heterocycles. The minimum absolute atomic E-state index is 0.179. The molecule has 0 unspecified atom stereocenters. The van der Waals surface area contributed by atoms with Crippen LogP contribution in [0.5, 0.6) is 0 Å². The molecule has 0 spiro atoms. The summed E-state index contributed by atoms with van der Waals surface area (Å²) in [6.07, 6.45) is 0. The summed E-state index contributed by atoms with van der Waals surface area (Å²) < 4.78 is 13.9. The standard InChI is InChI=1S/C20H14ClFN2O2/c21-14-10-11-16(22)15(12-14)20(26)24-18-9-5-4-8-17(18)23-19(25)13-6-2-1-3-7-13/h1-12H,(H,23,25)(H,24,26). The summed E-state index contributed by atoms with van der Waals surface area (Å²) >= 11 is 5.83. The van der Waals surface area contributed by atoms with Gasteiger partial charge >= 0.3 is 0 Å². The van der Waals surface area contributed by atoms with E-state index in [9.17, 15) is 14.0 Å². The number of benzene rings is 3. The summed E-state index contributed by atoms with van der Waals surface area (Å²) in [7, 11) is 0. The predicted octanol–water partition coefficient (Wildman–Crippen LogP) is 4.98. The molecule has 3 rings (SSSR count). The Labute approximate surface area is 154 Å². The molecular formula is C20H14ClFN2O2. The lowest BCUT2D eigenvalue weighted by Gasteiger charge is -2.13. The van der Waals surface area contributed by atoms with E-state index in [-0.39, 0.29) is 16.5 Å². The van der Waals surface area contributed by atoms with Crippen LogP contribution >= 0.6 is 11.6 Å². The van der Waals surface area contributed by atoms with Gasteiger partial charge in [0.15, 0.2) is 0 Å². The van der Waals surface area contributed by atoms with Crippen LogP contribution in [-0.4, -0.2) is 11.8 Å². The van der Waals surface area contributed by atoms with Crippen molar-refractivity contribution in [1.82, 2.24) is 0 Å². The molecule has 130 valence electrons. The van der Waals surface area contributed by atoms with Gasteiger partial charge in [-0.1, -0.05) is 41.9 Å². The van der Waals surface area contributed by atoms with Crippen LogP contribution in [0.25, 0.3) is 0 Å². The number of hydrogen-bond acceptors (Lipinski definition) is 2. The summed E-state index contributed by atoms with van der Waals surface area (Å²) in [5, 5.41) is 5.59. The zero-order valence-corrected chi connectivity index (χ0v) is 14.3. The molecule has 26 heavy (non-hydrogen) atoms. The lowest BCUT2D eigenvalue weighted by Crippen LogP contribution is -2.17. The molecule has 2 amide bonds. The normalized spacial score (nSPS) is 10.2. The third-order valence-electron chi connectivity index (χ3n) is 3.63. The molecule has 3 aromatic carbocycles. The molecule has 0 aromatic heterocycles. The van der Waals surface area contributed by atoms with Crippen molar-refractivity contribution in [3.63, 3.8) is 0 Å². The zero-order valence-electron chi connectivity index (χ0n) is 13.5. The van der Waals surface area contributed by atoms with E-state index < -0.39 is 11.7 Å². The highest BCUT2D eigenvalue weighted by molar-refractivity contribution is 6.31. The van der Waals surface area contributed by atoms with Crippen LogP contribution in [0.3, 0.4) is 0 Å². The first-order valence-electron chi connectivity index (χ1n) is 7.76. The fourth-order valence-corrected chi connectivity index (χ4v) is 2.52. The molecule has 0 atom stereocenters. The van der Waals surface area contributed by atoms with Crippen LogP contribution in [0.2, 0.25) is 5.02 Å². The van der Waals surface area contributed by atoms with Gasteiger partial charge in [0.1, 0.15) is 5.82 Å². The van der Waals surface area contributed by atoms with E-state index in [0.29, 0.717) is 16.9 Å². The quantitative estimate of drug-likeness (QED) is 0.682. The van der Waals surface area contributed by atoms with Crippen molar-refractivity contribution in [2.45, 2.75) is 0 Å². The lowest BCUT2D eigenvalue weighted by atomic mass is 10.1. The fourth-order valence-electron chi connectivity index (χ4n) is 2.35. The first-order chi connectivity index (χ1) is 12.5. The Morgan fingerprint density at radius 1 is 0.769 bits per heavy atom. The van der Waals surface area contributed by atoms with Gasteiger partial charge in [0.05, 0.1) is 16.9 Å². The second-order valence-electron chi connectivity index (χ2n) is 5.44. The van der Waals surface area contributed by atoms with Gasteiger partial charge in [0.25, 0.3) is 11.8 Å². The molecule has 2 N–H and O–H groups in total. The van der Waals surface area contributed by atoms with Crippen LogP contribution in [0.4, 0.5) is 15.8 Å². The number of carbonyl (C=O) groups excluding carboxylic acids is 2. The van der Waals surface area contributed by atoms with Crippen molar-refractivity contribution in [3.8, 4) is 0 Å². The van der Waals surface area contributed by atoms with E-state index in [1.165, 1.54) is 12.1 Å². The van der Waals surface area contributed by atoms with Crippen molar-refractivity contribution in [3.05, 3.63) is 94.8 Å². The molecule has 0 heterocycles. The van der Waals surface area contributed by atoms with E-state index >= 15 is 0 Å². The van der Waals surface area contributed by atoms with Crippen molar-refractivity contribution in [1.29, 1.82) is 0 Å². The number of para-hydroxylation sites is 2. The molecule has 3 aromatic rings. The molecule has 0 radical (unpaired) electrons. The molecule has 6 heteroatoms. The molecular weight excluding hydrogens is 355 g/mol. The van der Waals surface area contributed by atoms with Crippen LogP contribution in [-0.2, 0) is 0 Å². The highest BCUT2D eigenvalue weighted by Crippen LogP contribution is 2.23. The van der Waals surface area contributed by atoms with E-state index in [1.807, 2.05) is 6.07 Å². The summed E-state index contributed by atoms with van der Waals surface area (Å²) in [4.78, 5) is 24.7. The Bertz CT molecular complexity index is 961. The number of rotatable bonds is 4. The van der Waals surface area contributed by atoms with Crippen LogP contribution in [0.15, 0.2) is 72.8 Å². The molecule has 0 saturated carbocycles. The summed E-state index contributed by atoms with van der Waals surface area (Å²) in [6, 6.07) is 19.1. The number of carbonyl (C=O) groups is 2. The predicted molar refractivity (Wildman–Crippen MR) is 100 cm³/mol. The van der Waals surface area contributed by atoms with Crippen molar-refractivity contribution >= 4 is 34.8 Å². The number of anilines is 2. The SMILES string of the molecule is O=C(Nc1ccccc1NC(=O)c1cc(Cl)ccc1F)c1ccccc1. The third-order valence-corrected chi connectivity index (χ3v) is 3.87. The van der Waals surface area contributed by atoms with E-state index in [0.717, 1.165) is 6.07 Å². The highest BCUT2D eigenvalue weighted by atomic mass is 35.5. The minimum atomic E-state index is -0.683. The highest BCUT2D eigenvalue weighted by Gasteiger charge is 2.15. The van der Waals surface area contributed by atoms with Crippen LogP contribution in [0, 0.1) is 5.82 Å². The minimum Gasteiger partial charge on any atom is -0.320 e. The van der Waals surface area contributed by atoms with Gasteiger partial charge in [-0.2, -0.15) is 0 Å². The number of nitrogens with one attached hydrogen (secondary N) is 2. The lowest BCUT2D eigenvalue weighted by molar-refractivity contribution is 0.101. The summed E-state index contributed by atoms with van der Waals surface area (Å²) in [6.45, 7) is 0. The van der Waals surface area contributed by atoms with Gasteiger partial charge in [-0.25, -0.2) is 4.39 Å². The Kier molecular flexibility index (Phi) is 5.29. The average Bonchev–Trinajstić information content (AvgIpc) is 2.66. The van der Waals surface area contributed by atoms with Gasteiger partial charge in [0, 0.05) is 10.6 Å². The fraction of sp³-hybridized carbons (Fsp3) is 0. The van der Waals surface area contributed by atoms with Gasteiger partial charge < -0.3 is 10.6 Å². The molecule has 0 aliphatic heterocycles. The van der Waals surface area contributed by atoms with E-state index in [4.69, 9.17) is 11.6 Å². The monoisotopic (exact) mass is 368 g/mol. The van der Waals surface area contributed by atoms with Gasteiger partial charge in [0.2, 0.25) is 0 Å². The van der Waals surface area contributed by atoms with E-state index in [2.05, 4.69) is 10.6 Å². The number of hydrogen-bond donors (Lipinski definition) is 2. The smallest absolute Gasteiger partial charge is 0.258 e. The maximum Gasteiger partial charge on any atom is 0.258 e. The molecule has 0 bridgehead atoms. The number of amides is 2. The Balaban J connectivity index is 1.82. The third kappa shape index (κ3) is 4.07. The first-order valence-corrected chi connectivity index (χ1v) is 8.14. The van der Waals surface area contributed by atoms with E-state index in [1.54, 1.807) is 48.5 Å². The van der Waals surface area contributed by atoms with Crippen molar-refractivity contribution in [2.75, 3.05) is 10.6 Å². The van der Waals surface area contributed by atoms with Gasteiger partial charge in [-0.3, -0.25) is 9.59 Å². The second kappa shape index (κ2) is 7.80. The average molecular weight is 369 g/mol. The molecule has 4 nitrogen and oxygen atoms in total. The Hall–Kier alpha value is -3.18. The number of halogens is 2. The first kappa shape index (κ1) is 17.6. The van der Waals surface area contributed by atoms with Gasteiger partial charge in [-0.05, 0) is 42.5 Å². The van der Waals surface area contributed by atoms with Crippen molar-refractivity contribution in [2.24, 2.45) is 0 Å². The van der Waals surface area contributed by atoms with Crippen LogP contribution < -0.4 is 10.6 Å². The summed E-state index contributed by atoms with van der Waals surface area (Å²) in [5.41, 5.74) is 1.05. The molecule has 0 aliphatic rings. The zero-order chi connectivity index (χ0) is 18.5. The maximum atomic E-state index is 13.9. The topological polar surface area (TPSA) is 58.2 Å². The summed E-state index contributed by atoms with van der Waals surface area (Å²) in [5.74, 6) is -1.66. The molecule has 0 fully saturated rings. The van der Waals surface area contributed by atoms with Gasteiger partial charge in [-0.15, -0.1) is 0 Å². The maximum absolute atomic E-state index is 13.9. The largest absolute Gasteiger partial charge is 0.320 e. The molecule has 0 aliphatic carbocycles.